The SMILES string of the molecule is CCc1cc(C(F)(F)F)nc(N2CC(O)C(N3CCN(C(=O)c4ccc(Cl)cc4)CC3)C2)n1. The molecular formula is C22H25ClF3N5O2. The first-order chi connectivity index (χ1) is 15.7. The Kier molecular flexibility index (Phi) is 6.78. The van der Waals surface area contributed by atoms with Gasteiger partial charge in [0, 0.05) is 55.5 Å². The van der Waals surface area contributed by atoms with E-state index >= 15 is 0 Å². The van der Waals surface area contributed by atoms with Crippen molar-refractivity contribution in [2.75, 3.05) is 44.2 Å². The van der Waals surface area contributed by atoms with Crippen molar-refractivity contribution in [1.82, 2.24) is 19.8 Å². The summed E-state index contributed by atoms with van der Waals surface area (Å²) in [5, 5.41) is 11.2. The smallest absolute Gasteiger partial charge is 0.390 e. The van der Waals surface area contributed by atoms with Crippen LogP contribution >= 0.6 is 11.6 Å². The summed E-state index contributed by atoms with van der Waals surface area (Å²) in [6, 6.07) is 7.42. The van der Waals surface area contributed by atoms with Crippen LogP contribution in [0.25, 0.3) is 0 Å². The fourth-order valence-electron chi connectivity index (χ4n) is 4.27. The number of piperazine rings is 1. The van der Waals surface area contributed by atoms with Crippen molar-refractivity contribution < 1.29 is 23.1 Å². The molecule has 0 bridgehead atoms. The number of aryl methyl sites for hydroxylation is 1. The fraction of sp³-hybridized carbons (Fsp3) is 0.500. The van der Waals surface area contributed by atoms with Crippen LogP contribution in [0.2, 0.25) is 5.02 Å². The van der Waals surface area contributed by atoms with Gasteiger partial charge in [-0.3, -0.25) is 9.69 Å². The van der Waals surface area contributed by atoms with Gasteiger partial charge in [-0.05, 0) is 36.8 Å². The Morgan fingerprint density at radius 3 is 2.39 bits per heavy atom. The number of benzene rings is 1. The van der Waals surface area contributed by atoms with E-state index in [2.05, 4.69) is 14.9 Å². The van der Waals surface area contributed by atoms with E-state index in [4.69, 9.17) is 11.6 Å². The summed E-state index contributed by atoms with van der Waals surface area (Å²) in [4.78, 5) is 26.1. The van der Waals surface area contributed by atoms with Crippen molar-refractivity contribution in [3.05, 3.63) is 52.3 Å². The standard InChI is InChI=1S/C22H25ClF3N5O2/c1-2-16-11-19(22(24,25)26)28-21(27-16)31-12-17(18(32)13-31)29-7-9-30(10-8-29)20(33)14-3-5-15(23)6-4-14/h3-6,11,17-18,32H,2,7-10,12-13H2,1H3. The van der Waals surface area contributed by atoms with E-state index in [9.17, 15) is 23.1 Å². The molecule has 0 radical (unpaired) electrons. The first-order valence-electron chi connectivity index (χ1n) is 10.8. The summed E-state index contributed by atoms with van der Waals surface area (Å²) >= 11 is 5.89. The van der Waals surface area contributed by atoms with E-state index in [1.165, 1.54) is 0 Å². The number of anilines is 1. The minimum absolute atomic E-state index is 0.0141. The van der Waals surface area contributed by atoms with Gasteiger partial charge in [0.2, 0.25) is 5.95 Å². The molecule has 2 aliphatic rings. The van der Waals surface area contributed by atoms with Crippen molar-refractivity contribution in [3.63, 3.8) is 0 Å². The summed E-state index contributed by atoms with van der Waals surface area (Å²) in [7, 11) is 0. The number of aliphatic hydroxyl groups excluding tert-OH is 1. The number of hydrogen-bond acceptors (Lipinski definition) is 6. The monoisotopic (exact) mass is 483 g/mol. The maximum absolute atomic E-state index is 13.3. The maximum Gasteiger partial charge on any atom is 0.433 e. The number of β-amino-alcohol motifs (C(OH)–C–C–N with tert-alkyl or cyclic N) is 1. The average Bonchev–Trinajstić information content (AvgIpc) is 3.20. The molecule has 0 spiro atoms. The van der Waals surface area contributed by atoms with Crippen LogP contribution in [0.3, 0.4) is 0 Å². The molecule has 33 heavy (non-hydrogen) atoms. The summed E-state index contributed by atoms with van der Waals surface area (Å²) in [6.07, 6.45) is -4.97. The minimum atomic E-state index is -4.56. The predicted molar refractivity (Wildman–Crippen MR) is 117 cm³/mol. The Morgan fingerprint density at radius 1 is 1.12 bits per heavy atom. The quantitative estimate of drug-likeness (QED) is 0.721. The Hall–Kier alpha value is -2.43. The second kappa shape index (κ2) is 9.44. The Morgan fingerprint density at radius 2 is 1.79 bits per heavy atom. The molecule has 0 aliphatic carbocycles. The molecule has 1 aromatic heterocycles. The first kappa shape index (κ1) is 23.7. The molecule has 3 heterocycles. The van der Waals surface area contributed by atoms with Crippen LogP contribution in [0.4, 0.5) is 19.1 Å². The highest BCUT2D eigenvalue weighted by Crippen LogP contribution is 2.30. The van der Waals surface area contributed by atoms with Gasteiger partial charge in [0.25, 0.3) is 5.91 Å². The topological polar surface area (TPSA) is 72.8 Å². The third-order valence-corrected chi connectivity index (χ3v) is 6.38. The molecule has 7 nitrogen and oxygen atoms in total. The molecule has 4 rings (SSSR count). The van der Waals surface area contributed by atoms with Gasteiger partial charge in [0.1, 0.15) is 5.69 Å². The number of hydrogen-bond donors (Lipinski definition) is 1. The first-order valence-corrected chi connectivity index (χ1v) is 11.2. The van der Waals surface area contributed by atoms with Gasteiger partial charge in [-0.1, -0.05) is 18.5 Å². The van der Waals surface area contributed by atoms with E-state index in [-0.39, 0.29) is 24.4 Å². The zero-order valence-corrected chi connectivity index (χ0v) is 18.9. The lowest BCUT2D eigenvalue weighted by Gasteiger charge is -2.38. The largest absolute Gasteiger partial charge is 0.433 e. The number of aliphatic hydroxyl groups is 1. The molecule has 1 amide bonds. The number of alkyl halides is 3. The number of aromatic nitrogens is 2. The molecule has 1 aromatic carbocycles. The summed E-state index contributed by atoms with van der Waals surface area (Å²) in [5.41, 5.74) is -0.107. The summed E-state index contributed by atoms with van der Waals surface area (Å²) in [6.45, 7) is 4.29. The van der Waals surface area contributed by atoms with Crippen LogP contribution in [0, 0.1) is 0 Å². The van der Waals surface area contributed by atoms with Crippen LogP contribution in [0.1, 0.15) is 28.7 Å². The minimum Gasteiger partial charge on any atom is -0.390 e. The van der Waals surface area contributed by atoms with Gasteiger partial charge >= 0.3 is 6.18 Å². The van der Waals surface area contributed by atoms with Crippen LogP contribution in [0.5, 0.6) is 0 Å². The fourth-order valence-corrected chi connectivity index (χ4v) is 4.40. The molecule has 2 fully saturated rings. The highest BCUT2D eigenvalue weighted by Gasteiger charge is 2.40. The van der Waals surface area contributed by atoms with Crippen LogP contribution < -0.4 is 4.90 Å². The van der Waals surface area contributed by atoms with Crippen molar-refractivity contribution in [3.8, 4) is 0 Å². The van der Waals surface area contributed by atoms with E-state index < -0.39 is 18.0 Å². The van der Waals surface area contributed by atoms with Crippen molar-refractivity contribution in [2.45, 2.75) is 31.7 Å². The normalized spacial score (nSPS) is 22.1. The highest BCUT2D eigenvalue weighted by molar-refractivity contribution is 6.30. The van der Waals surface area contributed by atoms with Crippen LogP contribution in [0.15, 0.2) is 30.3 Å². The lowest BCUT2D eigenvalue weighted by molar-refractivity contribution is -0.141. The number of amides is 1. The van der Waals surface area contributed by atoms with Gasteiger partial charge in [-0.2, -0.15) is 13.2 Å². The lowest BCUT2D eigenvalue weighted by Crippen LogP contribution is -2.54. The maximum atomic E-state index is 13.3. The average molecular weight is 484 g/mol. The highest BCUT2D eigenvalue weighted by atomic mass is 35.5. The summed E-state index contributed by atoms with van der Waals surface area (Å²) in [5.74, 6) is -0.0934. The third-order valence-electron chi connectivity index (χ3n) is 6.12. The molecule has 178 valence electrons. The second-order valence-electron chi connectivity index (χ2n) is 8.27. The zero-order chi connectivity index (χ0) is 23.8. The Labute approximate surface area is 194 Å². The molecule has 2 aromatic rings. The van der Waals surface area contributed by atoms with Crippen LogP contribution in [-0.2, 0) is 12.6 Å². The molecular weight excluding hydrogens is 459 g/mol. The number of halogens is 4. The van der Waals surface area contributed by atoms with Crippen molar-refractivity contribution in [2.24, 2.45) is 0 Å². The molecule has 2 atom stereocenters. The molecule has 2 saturated heterocycles. The Bertz CT molecular complexity index is 997. The molecule has 2 unspecified atom stereocenters. The summed E-state index contributed by atoms with van der Waals surface area (Å²) < 4.78 is 39.8. The van der Waals surface area contributed by atoms with E-state index in [1.807, 2.05) is 0 Å². The van der Waals surface area contributed by atoms with Gasteiger partial charge in [-0.25, -0.2) is 9.97 Å². The third kappa shape index (κ3) is 5.23. The van der Waals surface area contributed by atoms with Crippen molar-refractivity contribution in [1.29, 1.82) is 0 Å². The van der Waals surface area contributed by atoms with Crippen LogP contribution in [-0.4, -0.2) is 82.2 Å². The molecule has 2 aliphatic heterocycles. The number of rotatable bonds is 4. The molecule has 0 saturated carbocycles. The van der Waals surface area contributed by atoms with Gasteiger partial charge in [0.15, 0.2) is 0 Å². The van der Waals surface area contributed by atoms with Gasteiger partial charge in [0.05, 0.1) is 12.1 Å². The molecule has 1 N–H and O–H groups in total. The Balaban J connectivity index is 1.41. The predicted octanol–water partition coefficient (Wildman–Crippen LogP) is 2.72. The van der Waals surface area contributed by atoms with Crippen molar-refractivity contribution >= 4 is 23.5 Å². The van der Waals surface area contributed by atoms with Gasteiger partial charge in [-0.15, -0.1) is 0 Å². The number of carbonyl (C=O) groups is 1. The lowest BCUT2D eigenvalue weighted by atomic mass is 10.1. The second-order valence-corrected chi connectivity index (χ2v) is 8.71. The molecule has 11 heteroatoms. The van der Waals surface area contributed by atoms with E-state index in [0.29, 0.717) is 55.4 Å². The number of nitrogens with zero attached hydrogens (tertiary/aromatic N) is 5. The zero-order valence-electron chi connectivity index (χ0n) is 18.1. The number of carbonyl (C=O) groups excluding carboxylic acids is 1. The van der Waals surface area contributed by atoms with E-state index in [1.54, 1.807) is 41.0 Å². The van der Waals surface area contributed by atoms with Gasteiger partial charge < -0.3 is 14.9 Å². The van der Waals surface area contributed by atoms with E-state index in [0.717, 1.165) is 6.07 Å².